The number of anilines is 2. The van der Waals surface area contributed by atoms with Gasteiger partial charge in [0, 0.05) is 78.3 Å². The van der Waals surface area contributed by atoms with E-state index in [0.717, 1.165) is 30.4 Å². The number of carboxylic acid groups (broad SMARTS) is 1. The highest BCUT2D eigenvalue weighted by Gasteiger charge is 2.26. The summed E-state index contributed by atoms with van der Waals surface area (Å²) in [6.45, 7) is 1.53. The molecule has 4 aromatic rings. The van der Waals surface area contributed by atoms with E-state index in [1.807, 2.05) is 24.3 Å². The van der Waals surface area contributed by atoms with Gasteiger partial charge >= 0.3 is 5.97 Å². The van der Waals surface area contributed by atoms with E-state index < -0.39 is 11.8 Å². The maximum absolute atomic E-state index is 15.6. The zero-order valence-corrected chi connectivity index (χ0v) is 29.1. The van der Waals surface area contributed by atoms with E-state index in [0.29, 0.717) is 76.2 Å². The summed E-state index contributed by atoms with van der Waals surface area (Å²) in [6.07, 6.45) is 7.27. The van der Waals surface area contributed by atoms with Crippen molar-refractivity contribution >= 4 is 46.6 Å². The molecule has 2 aromatic carbocycles. The Balaban J connectivity index is 1.16. The van der Waals surface area contributed by atoms with Gasteiger partial charge in [-0.25, -0.2) is 9.37 Å². The summed E-state index contributed by atoms with van der Waals surface area (Å²) >= 11 is 13.9. The van der Waals surface area contributed by atoms with Gasteiger partial charge in [-0.1, -0.05) is 47.5 Å². The van der Waals surface area contributed by atoms with Crippen molar-refractivity contribution in [1.82, 2.24) is 25.9 Å². The van der Waals surface area contributed by atoms with Gasteiger partial charge < -0.3 is 31.1 Å². The standard InChI is InChI=1S/C37H39Cl2FN6O4/c1-50-30-17-22(5-6-23(30)18-41-20-26-11-12-31(47)45-26)35-33(39)28(14-16-42-35)27-3-2-4-29(32(27)38)46-36-34(40)24(13-15-43-36)19-44-25-9-7-21(8-10-25)37(48)49/h2-6,13-17,21,25-26,41,44H,7-12,18-20H2,1H3,(H,43,46)(H,45,47)(H,48,49)/t21?,25?,26-/m1/s1. The quantitative estimate of drug-likeness (QED) is 0.0979. The Morgan fingerprint density at radius 3 is 2.50 bits per heavy atom. The second kappa shape index (κ2) is 16.2. The third-order valence-corrected chi connectivity index (χ3v) is 10.2. The highest BCUT2D eigenvalue weighted by molar-refractivity contribution is 6.39. The Bertz CT molecular complexity index is 1870. The van der Waals surface area contributed by atoms with Crippen molar-refractivity contribution in [2.75, 3.05) is 19.0 Å². The minimum atomic E-state index is -0.752. The van der Waals surface area contributed by atoms with Gasteiger partial charge in [-0.2, -0.15) is 0 Å². The van der Waals surface area contributed by atoms with E-state index in [2.05, 4.69) is 31.2 Å². The third kappa shape index (κ3) is 8.18. The van der Waals surface area contributed by atoms with E-state index in [4.69, 9.17) is 27.9 Å². The lowest BCUT2D eigenvalue weighted by Gasteiger charge is -2.27. The van der Waals surface area contributed by atoms with E-state index >= 15 is 4.39 Å². The van der Waals surface area contributed by atoms with Crippen LogP contribution < -0.4 is 26.0 Å². The molecule has 1 aliphatic carbocycles. The number of hydrogen-bond acceptors (Lipinski definition) is 8. The molecule has 5 N–H and O–H groups in total. The number of pyridine rings is 2. The van der Waals surface area contributed by atoms with Crippen LogP contribution in [0.5, 0.6) is 5.75 Å². The molecule has 1 amide bonds. The summed E-state index contributed by atoms with van der Waals surface area (Å²) < 4.78 is 21.3. The number of nitrogens with one attached hydrogen (secondary N) is 4. The molecule has 13 heteroatoms. The predicted molar refractivity (Wildman–Crippen MR) is 192 cm³/mol. The van der Waals surface area contributed by atoms with Crippen molar-refractivity contribution in [3.8, 4) is 28.1 Å². The Morgan fingerprint density at radius 2 is 1.76 bits per heavy atom. The summed E-state index contributed by atoms with van der Waals surface area (Å²) in [5.41, 5.74) is 4.45. The van der Waals surface area contributed by atoms with E-state index in [9.17, 15) is 14.7 Å². The number of carboxylic acids is 1. The van der Waals surface area contributed by atoms with Crippen LogP contribution in [0.2, 0.25) is 10.0 Å². The van der Waals surface area contributed by atoms with Gasteiger partial charge in [0.1, 0.15) is 5.75 Å². The van der Waals surface area contributed by atoms with Crippen LogP contribution in [0.1, 0.15) is 49.7 Å². The first-order valence-electron chi connectivity index (χ1n) is 16.7. The van der Waals surface area contributed by atoms with Gasteiger partial charge in [0.15, 0.2) is 11.6 Å². The molecule has 1 atom stereocenters. The second-order valence-corrected chi connectivity index (χ2v) is 13.4. The average Bonchev–Trinajstić information content (AvgIpc) is 3.54. The van der Waals surface area contributed by atoms with Crippen LogP contribution in [-0.4, -0.2) is 52.7 Å². The van der Waals surface area contributed by atoms with Crippen LogP contribution in [-0.2, 0) is 22.7 Å². The smallest absolute Gasteiger partial charge is 0.306 e. The fourth-order valence-corrected chi connectivity index (χ4v) is 7.17. The molecular weight excluding hydrogens is 682 g/mol. The molecule has 2 aromatic heterocycles. The van der Waals surface area contributed by atoms with E-state index in [1.165, 1.54) is 6.20 Å². The third-order valence-electron chi connectivity index (χ3n) is 9.41. The van der Waals surface area contributed by atoms with Crippen molar-refractivity contribution in [2.45, 2.75) is 63.7 Å². The molecule has 262 valence electrons. The number of aromatic nitrogens is 2. The number of carbonyl (C=O) groups excluding carboxylic acids is 1. The lowest BCUT2D eigenvalue weighted by molar-refractivity contribution is -0.142. The number of methoxy groups -OCH3 is 1. The molecule has 50 heavy (non-hydrogen) atoms. The maximum atomic E-state index is 15.6. The van der Waals surface area contributed by atoms with Crippen molar-refractivity contribution in [1.29, 1.82) is 0 Å². The van der Waals surface area contributed by atoms with Gasteiger partial charge in [-0.05, 0) is 56.4 Å². The number of carbonyl (C=O) groups is 2. The molecule has 2 fully saturated rings. The first kappa shape index (κ1) is 35.5. The molecule has 0 unspecified atom stereocenters. The first-order chi connectivity index (χ1) is 24.2. The highest BCUT2D eigenvalue weighted by atomic mass is 35.5. The van der Waals surface area contributed by atoms with Crippen LogP contribution in [0.3, 0.4) is 0 Å². The molecule has 6 rings (SSSR count). The Morgan fingerprint density at radius 1 is 0.980 bits per heavy atom. The van der Waals surface area contributed by atoms with Crippen LogP contribution in [0.4, 0.5) is 15.9 Å². The molecular formula is C37H39Cl2FN6O4. The number of aliphatic carboxylic acids is 1. The van der Waals surface area contributed by atoms with Gasteiger partial charge in [-0.15, -0.1) is 0 Å². The lowest BCUT2D eigenvalue weighted by Crippen LogP contribution is -2.35. The summed E-state index contributed by atoms with van der Waals surface area (Å²) in [4.78, 5) is 31.6. The molecule has 1 aliphatic heterocycles. The van der Waals surface area contributed by atoms with Crippen LogP contribution in [0.15, 0.2) is 60.9 Å². The molecule has 3 heterocycles. The summed E-state index contributed by atoms with van der Waals surface area (Å²) in [7, 11) is 1.61. The summed E-state index contributed by atoms with van der Waals surface area (Å²) in [5, 5.41) is 22.8. The number of amides is 1. The molecule has 0 bridgehead atoms. The first-order valence-corrected chi connectivity index (χ1v) is 17.4. The number of rotatable bonds is 13. The molecule has 0 spiro atoms. The maximum Gasteiger partial charge on any atom is 0.306 e. The number of hydrogen-bond donors (Lipinski definition) is 5. The van der Waals surface area contributed by atoms with Crippen molar-refractivity contribution in [2.24, 2.45) is 5.92 Å². The molecule has 2 aliphatic rings. The number of halogens is 3. The highest BCUT2D eigenvalue weighted by Crippen LogP contribution is 2.42. The van der Waals surface area contributed by atoms with Gasteiger partial charge in [0.2, 0.25) is 5.91 Å². The predicted octanol–water partition coefficient (Wildman–Crippen LogP) is 7.11. The molecule has 1 saturated heterocycles. The molecule has 0 radical (unpaired) electrons. The lowest BCUT2D eigenvalue weighted by atomic mass is 9.86. The summed E-state index contributed by atoms with van der Waals surface area (Å²) in [6, 6.07) is 14.8. The Kier molecular flexibility index (Phi) is 11.5. The monoisotopic (exact) mass is 720 g/mol. The van der Waals surface area contributed by atoms with Crippen LogP contribution in [0, 0.1) is 11.7 Å². The van der Waals surface area contributed by atoms with Crippen LogP contribution in [0.25, 0.3) is 22.4 Å². The Labute approximate surface area is 300 Å². The normalized spacial score (nSPS) is 18.9. The zero-order valence-electron chi connectivity index (χ0n) is 27.6. The van der Waals surface area contributed by atoms with Gasteiger partial charge in [0.25, 0.3) is 0 Å². The summed E-state index contributed by atoms with van der Waals surface area (Å²) in [5.74, 6) is -0.756. The number of benzene rings is 2. The largest absolute Gasteiger partial charge is 0.496 e. The average molecular weight is 722 g/mol. The fraction of sp³-hybridized carbons (Fsp3) is 0.351. The van der Waals surface area contributed by atoms with E-state index in [1.54, 1.807) is 37.6 Å². The van der Waals surface area contributed by atoms with Crippen molar-refractivity contribution < 1.29 is 23.8 Å². The SMILES string of the molecule is COc1cc(-c2nccc(-c3cccc(Nc4nccc(CNC5CCC(C(=O)O)CC5)c4F)c3Cl)c2Cl)ccc1CNC[C@H]1CCC(=O)N1. The van der Waals surface area contributed by atoms with Gasteiger partial charge in [0.05, 0.1) is 34.5 Å². The minimum absolute atomic E-state index is 0.0362. The van der Waals surface area contributed by atoms with Crippen molar-refractivity contribution in [3.05, 3.63) is 87.9 Å². The molecule has 10 nitrogen and oxygen atoms in total. The van der Waals surface area contributed by atoms with E-state index in [-0.39, 0.29) is 36.3 Å². The zero-order chi connectivity index (χ0) is 35.2. The van der Waals surface area contributed by atoms with Gasteiger partial charge in [-0.3, -0.25) is 14.6 Å². The molecule has 1 saturated carbocycles. The fourth-order valence-electron chi connectivity index (χ4n) is 6.57. The number of ether oxygens (including phenoxy) is 1. The minimum Gasteiger partial charge on any atom is -0.496 e. The Hall–Kier alpha value is -4.29. The topological polar surface area (TPSA) is 138 Å². The number of nitrogens with zero attached hydrogens (tertiary/aromatic N) is 2. The van der Waals surface area contributed by atoms with Crippen LogP contribution >= 0.6 is 23.2 Å². The van der Waals surface area contributed by atoms with Crippen molar-refractivity contribution in [3.63, 3.8) is 0 Å². The second-order valence-electron chi connectivity index (χ2n) is 12.7.